The van der Waals surface area contributed by atoms with E-state index in [0.717, 1.165) is 10.2 Å². The van der Waals surface area contributed by atoms with Crippen LogP contribution in [0.3, 0.4) is 0 Å². The van der Waals surface area contributed by atoms with Crippen LogP contribution in [0.1, 0.15) is 12.8 Å². The van der Waals surface area contributed by atoms with Gasteiger partial charge in [-0.2, -0.15) is 4.31 Å². The molecule has 0 radical (unpaired) electrons. The second-order valence-corrected chi connectivity index (χ2v) is 12.0. The number of hydrogen-bond acceptors (Lipinski definition) is 7. The van der Waals surface area contributed by atoms with Crippen LogP contribution >= 0.6 is 22.7 Å². The number of nitrogens with zero attached hydrogens (tertiary/aromatic N) is 2. The van der Waals surface area contributed by atoms with E-state index in [2.05, 4.69) is 10.3 Å². The number of para-hydroxylation sites is 1. The number of hydrogen-bond donors (Lipinski definition) is 2. The van der Waals surface area contributed by atoms with E-state index in [9.17, 15) is 18.3 Å². The maximum Gasteiger partial charge on any atom is 0.252 e. The van der Waals surface area contributed by atoms with Crippen LogP contribution in [0.5, 0.6) is 5.75 Å². The van der Waals surface area contributed by atoms with Gasteiger partial charge in [-0.25, -0.2) is 13.4 Å². The van der Waals surface area contributed by atoms with Crippen molar-refractivity contribution in [3.63, 3.8) is 0 Å². The minimum absolute atomic E-state index is 0.0814. The molecule has 7 nitrogen and oxygen atoms in total. The van der Waals surface area contributed by atoms with Gasteiger partial charge in [-0.3, -0.25) is 4.79 Å². The van der Waals surface area contributed by atoms with Crippen molar-refractivity contribution in [3.05, 3.63) is 60.0 Å². The first-order valence-corrected chi connectivity index (χ1v) is 13.6. The van der Waals surface area contributed by atoms with Crippen LogP contribution in [0, 0.1) is 5.92 Å². The number of benzene rings is 2. The first-order chi connectivity index (χ1) is 15.9. The molecule has 5 rings (SSSR count). The van der Waals surface area contributed by atoms with E-state index in [-0.39, 0.29) is 18.2 Å². The second-order valence-electron chi connectivity index (χ2n) is 7.84. The highest BCUT2D eigenvalue weighted by Crippen LogP contribution is 2.37. The highest BCUT2D eigenvalue weighted by molar-refractivity contribution is 7.91. The lowest BCUT2D eigenvalue weighted by Crippen LogP contribution is -2.43. The molecule has 4 aromatic rings. The van der Waals surface area contributed by atoms with Gasteiger partial charge in [0.05, 0.1) is 21.7 Å². The molecule has 2 aromatic heterocycles. The summed E-state index contributed by atoms with van der Waals surface area (Å²) in [5, 5.41) is 15.7. The van der Waals surface area contributed by atoms with Crippen LogP contribution in [-0.4, -0.2) is 41.8 Å². The van der Waals surface area contributed by atoms with E-state index in [1.54, 1.807) is 29.6 Å². The van der Waals surface area contributed by atoms with Crippen LogP contribution in [-0.2, 0) is 14.8 Å². The maximum atomic E-state index is 13.0. The predicted octanol–water partition coefficient (Wildman–Crippen LogP) is 4.77. The molecular formula is C23H21N3O4S3. The lowest BCUT2D eigenvalue weighted by molar-refractivity contribution is -0.120. The number of phenols is 1. The van der Waals surface area contributed by atoms with Crippen molar-refractivity contribution in [1.82, 2.24) is 9.29 Å². The highest BCUT2D eigenvalue weighted by atomic mass is 32.2. The lowest BCUT2D eigenvalue weighted by Gasteiger charge is -2.30. The van der Waals surface area contributed by atoms with Crippen molar-refractivity contribution in [1.29, 1.82) is 0 Å². The van der Waals surface area contributed by atoms with Gasteiger partial charge in [0.15, 0.2) is 0 Å². The Kier molecular flexibility index (Phi) is 5.92. The molecule has 1 unspecified atom stereocenters. The molecular weight excluding hydrogens is 478 g/mol. The molecule has 33 heavy (non-hydrogen) atoms. The lowest BCUT2D eigenvalue weighted by atomic mass is 9.98. The zero-order chi connectivity index (χ0) is 23.0. The number of carbonyl (C=O) groups is 1. The number of carbonyl (C=O) groups excluding carboxylic acids is 1. The fourth-order valence-corrected chi connectivity index (χ4v) is 7.59. The number of thiazole rings is 1. The molecule has 1 aliphatic heterocycles. The SMILES string of the molecule is O=C(Nc1ccc(O)c(-c2nc3ccccc3s2)c1)C1CCCN(S(=O)(=O)c2cccs2)C1. The van der Waals surface area contributed by atoms with E-state index >= 15 is 0 Å². The molecule has 3 heterocycles. The minimum atomic E-state index is -3.59. The summed E-state index contributed by atoms with van der Waals surface area (Å²) in [7, 11) is -3.59. The monoisotopic (exact) mass is 499 g/mol. The Bertz CT molecular complexity index is 1380. The summed E-state index contributed by atoms with van der Waals surface area (Å²) >= 11 is 2.64. The highest BCUT2D eigenvalue weighted by Gasteiger charge is 2.33. The van der Waals surface area contributed by atoms with Crippen LogP contribution in [0.4, 0.5) is 5.69 Å². The first kappa shape index (κ1) is 22.0. The van der Waals surface area contributed by atoms with Crippen LogP contribution in [0.15, 0.2) is 64.2 Å². The quantitative estimate of drug-likeness (QED) is 0.385. The Morgan fingerprint density at radius 2 is 2.00 bits per heavy atom. The number of rotatable bonds is 5. The Morgan fingerprint density at radius 3 is 2.79 bits per heavy atom. The van der Waals surface area contributed by atoms with E-state index in [1.807, 2.05) is 24.3 Å². The van der Waals surface area contributed by atoms with Gasteiger partial charge in [-0.05, 0) is 54.6 Å². The van der Waals surface area contributed by atoms with E-state index < -0.39 is 15.9 Å². The average molecular weight is 500 g/mol. The number of anilines is 1. The van der Waals surface area contributed by atoms with Crippen LogP contribution < -0.4 is 5.32 Å². The first-order valence-electron chi connectivity index (χ1n) is 10.5. The van der Waals surface area contributed by atoms with Gasteiger partial charge in [-0.15, -0.1) is 22.7 Å². The van der Waals surface area contributed by atoms with E-state index in [1.165, 1.54) is 33.0 Å². The number of thiophene rings is 1. The maximum absolute atomic E-state index is 13.0. The number of aromatic hydroxyl groups is 1. The molecule has 0 aliphatic carbocycles. The molecule has 0 spiro atoms. The molecule has 0 saturated carbocycles. The summed E-state index contributed by atoms with van der Waals surface area (Å²) in [6, 6.07) is 15.9. The Morgan fingerprint density at radius 1 is 1.15 bits per heavy atom. The summed E-state index contributed by atoms with van der Waals surface area (Å²) in [5.74, 6) is -0.604. The summed E-state index contributed by atoms with van der Waals surface area (Å²) in [6.07, 6.45) is 1.24. The molecule has 1 aliphatic rings. The summed E-state index contributed by atoms with van der Waals surface area (Å²) in [5.41, 5.74) is 1.92. The third-order valence-electron chi connectivity index (χ3n) is 5.63. The normalized spacial score (nSPS) is 17.3. The fraction of sp³-hybridized carbons (Fsp3) is 0.217. The third-order valence-corrected chi connectivity index (χ3v) is 9.94. The van der Waals surface area contributed by atoms with E-state index in [0.29, 0.717) is 39.9 Å². The zero-order valence-corrected chi connectivity index (χ0v) is 19.9. The van der Waals surface area contributed by atoms with Crippen molar-refractivity contribution in [2.24, 2.45) is 5.92 Å². The molecule has 1 saturated heterocycles. The molecule has 2 aromatic carbocycles. The second kappa shape index (κ2) is 8.86. The standard InChI is InChI=1S/C23H21N3O4S3/c27-19-10-9-16(13-17(19)23-25-18-6-1-2-7-20(18)32-23)24-22(28)15-5-3-11-26(14-15)33(29,30)21-8-4-12-31-21/h1-2,4,6-10,12-13,15,27H,3,5,11,14H2,(H,24,28). The van der Waals surface area contributed by atoms with Crippen molar-refractivity contribution in [2.45, 2.75) is 17.1 Å². The molecule has 1 amide bonds. The molecule has 170 valence electrons. The number of aromatic nitrogens is 1. The van der Waals surface area contributed by atoms with Gasteiger partial charge in [0, 0.05) is 18.8 Å². The summed E-state index contributed by atoms with van der Waals surface area (Å²) in [6.45, 7) is 0.555. The number of fused-ring (bicyclic) bond motifs is 1. The van der Waals surface area contributed by atoms with Gasteiger partial charge in [0.2, 0.25) is 5.91 Å². The molecule has 2 N–H and O–H groups in total. The van der Waals surface area contributed by atoms with Crippen molar-refractivity contribution in [3.8, 4) is 16.3 Å². The van der Waals surface area contributed by atoms with Gasteiger partial charge in [0.1, 0.15) is 15.0 Å². The van der Waals surface area contributed by atoms with Crippen LogP contribution in [0.25, 0.3) is 20.8 Å². The Labute approximate surface area is 199 Å². The summed E-state index contributed by atoms with van der Waals surface area (Å²) < 4.78 is 28.4. The van der Waals surface area contributed by atoms with Crippen molar-refractivity contribution < 1.29 is 18.3 Å². The van der Waals surface area contributed by atoms with Gasteiger partial charge >= 0.3 is 0 Å². The largest absolute Gasteiger partial charge is 0.507 e. The smallest absolute Gasteiger partial charge is 0.252 e. The molecule has 1 atom stereocenters. The molecule has 10 heteroatoms. The molecule has 0 bridgehead atoms. The van der Waals surface area contributed by atoms with Gasteiger partial charge < -0.3 is 10.4 Å². The fourth-order valence-electron chi connectivity index (χ4n) is 3.93. The van der Waals surface area contributed by atoms with Gasteiger partial charge in [0.25, 0.3) is 10.0 Å². The third kappa shape index (κ3) is 4.39. The number of sulfonamides is 1. The summed E-state index contributed by atoms with van der Waals surface area (Å²) in [4.78, 5) is 17.6. The minimum Gasteiger partial charge on any atom is -0.507 e. The van der Waals surface area contributed by atoms with Gasteiger partial charge in [-0.1, -0.05) is 18.2 Å². The topological polar surface area (TPSA) is 99.6 Å². The number of nitrogens with one attached hydrogen (secondary N) is 1. The van der Waals surface area contributed by atoms with Crippen molar-refractivity contribution in [2.75, 3.05) is 18.4 Å². The molecule has 1 fully saturated rings. The number of phenolic OH excluding ortho intramolecular Hbond substituents is 1. The van der Waals surface area contributed by atoms with Crippen LogP contribution in [0.2, 0.25) is 0 Å². The van der Waals surface area contributed by atoms with Crippen molar-refractivity contribution >= 4 is 54.5 Å². The predicted molar refractivity (Wildman–Crippen MR) is 131 cm³/mol. The zero-order valence-electron chi connectivity index (χ0n) is 17.5. The Hall–Kier alpha value is -2.79. The van der Waals surface area contributed by atoms with E-state index in [4.69, 9.17) is 0 Å². The number of piperidine rings is 1. The average Bonchev–Trinajstić information content (AvgIpc) is 3.51. The Balaban J connectivity index is 1.34. The number of amides is 1.